The van der Waals surface area contributed by atoms with E-state index >= 15 is 0 Å². The van der Waals surface area contributed by atoms with Crippen molar-refractivity contribution in [2.24, 2.45) is 11.0 Å². The van der Waals surface area contributed by atoms with Crippen LogP contribution in [0.3, 0.4) is 0 Å². The second-order valence-electron chi connectivity index (χ2n) is 3.37. The van der Waals surface area contributed by atoms with Crippen molar-refractivity contribution in [3.05, 3.63) is 4.91 Å². The summed E-state index contributed by atoms with van der Waals surface area (Å²) in [7, 11) is 0. The number of rotatable bonds is 4. The van der Waals surface area contributed by atoms with Gasteiger partial charge >= 0.3 is 6.18 Å². The van der Waals surface area contributed by atoms with Gasteiger partial charge < -0.3 is 10.5 Å². The van der Waals surface area contributed by atoms with Crippen molar-refractivity contribution in [2.75, 3.05) is 26.3 Å². The maximum atomic E-state index is 12.6. The maximum absolute atomic E-state index is 12.6. The van der Waals surface area contributed by atoms with Crippen LogP contribution in [0.4, 0.5) is 13.2 Å². The molecule has 1 heterocycles. The van der Waals surface area contributed by atoms with Crippen molar-refractivity contribution in [3.63, 3.8) is 0 Å². The predicted octanol–water partition coefficient (Wildman–Crippen LogP) is -0.367. The van der Waals surface area contributed by atoms with Gasteiger partial charge in [-0.15, -0.1) is 4.91 Å². The summed E-state index contributed by atoms with van der Waals surface area (Å²) in [5.74, 6) is -0.947. The number of halogens is 3. The summed E-state index contributed by atoms with van der Waals surface area (Å²) in [5, 5.41) is 3.39. The maximum Gasteiger partial charge on any atom is 0.408 e. The molecule has 98 valence electrons. The van der Waals surface area contributed by atoms with E-state index in [4.69, 9.17) is 10.5 Å². The minimum absolute atomic E-state index is 0.0113. The lowest BCUT2D eigenvalue weighted by Crippen LogP contribution is -2.59. The van der Waals surface area contributed by atoms with Crippen LogP contribution in [0.5, 0.6) is 0 Å². The van der Waals surface area contributed by atoms with Crippen LogP contribution >= 0.6 is 0 Å². The zero-order valence-electron chi connectivity index (χ0n) is 8.68. The van der Waals surface area contributed by atoms with Crippen LogP contribution in [0.15, 0.2) is 5.29 Å². The van der Waals surface area contributed by atoms with E-state index in [1.54, 1.807) is 0 Å². The van der Waals surface area contributed by atoms with Crippen LogP contribution in [0.1, 0.15) is 0 Å². The fraction of sp³-hybridized carbons (Fsp3) is 0.857. The Morgan fingerprint density at radius 1 is 1.59 bits per heavy atom. The van der Waals surface area contributed by atoms with Crippen molar-refractivity contribution in [1.29, 1.82) is 0 Å². The number of ether oxygens (including phenoxy) is 1. The Kier molecular flexibility index (Phi) is 4.23. The molecule has 0 bridgehead atoms. The van der Waals surface area contributed by atoms with E-state index in [9.17, 15) is 22.9 Å². The van der Waals surface area contributed by atoms with Crippen LogP contribution < -0.4 is 5.73 Å². The minimum Gasteiger partial charge on any atom is -0.378 e. The normalized spacial score (nSPS) is 22.2. The Hall–Kier alpha value is -1.42. The van der Waals surface area contributed by atoms with E-state index in [-0.39, 0.29) is 13.2 Å². The third kappa shape index (κ3) is 3.53. The molecule has 1 atom stereocenters. The number of alkyl halides is 3. The van der Waals surface area contributed by atoms with Gasteiger partial charge in [-0.25, -0.2) is 0 Å². The molecule has 1 unspecified atom stereocenters. The van der Waals surface area contributed by atoms with Crippen LogP contribution in [0, 0.1) is 4.91 Å². The third-order valence-corrected chi connectivity index (χ3v) is 2.17. The third-order valence-electron chi connectivity index (χ3n) is 2.17. The van der Waals surface area contributed by atoms with Gasteiger partial charge in [0.15, 0.2) is 0 Å². The lowest BCUT2D eigenvalue weighted by atomic mass is 10.2. The van der Waals surface area contributed by atoms with Gasteiger partial charge in [0.05, 0.1) is 18.5 Å². The van der Waals surface area contributed by atoms with Gasteiger partial charge in [-0.05, 0) is 0 Å². The highest BCUT2D eigenvalue weighted by Gasteiger charge is 2.47. The predicted molar refractivity (Wildman–Crippen MR) is 49.1 cm³/mol. The van der Waals surface area contributed by atoms with Crippen molar-refractivity contribution in [1.82, 2.24) is 10.1 Å². The number of hydrazine groups is 1. The number of nitrogens with two attached hydrogens (primary N) is 1. The molecule has 0 saturated carbocycles. The Bertz CT molecular complexity index is 299. The highest BCUT2D eigenvalue weighted by molar-refractivity contribution is 5.75. The van der Waals surface area contributed by atoms with E-state index in [2.05, 4.69) is 5.29 Å². The molecule has 0 aromatic heterocycles. The molecule has 0 aromatic carbocycles. The highest BCUT2D eigenvalue weighted by atomic mass is 19.4. The largest absolute Gasteiger partial charge is 0.408 e. The summed E-state index contributed by atoms with van der Waals surface area (Å²) in [4.78, 5) is 21.0. The van der Waals surface area contributed by atoms with Gasteiger partial charge in [-0.3, -0.25) is 4.79 Å². The number of nitrogens with zero attached hydrogens (tertiary/aromatic N) is 3. The molecule has 0 radical (unpaired) electrons. The summed E-state index contributed by atoms with van der Waals surface area (Å²) in [6.45, 7) is -1.50. The highest BCUT2D eigenvalue weighted by Crippen LogP contribution is 2.28. The first-order chi connectivity index (χ1) is 7.86. The van der Waals surface area contributed by atoms with Gasteiger partial charge in [0.25, 0.3) is 0 Å². The molecule has 1 aliphatic rings. The zero-order chi connectivity index (χ0) is 13.1. The van der Waals surface area contributed by atoms with Gasteiger partial charge in [0.2, 0.25) is 5.91 Å². The standard InChI is InChI=1S/C7H11F3N4O3/c8-7(9,10)5-4-17-2-1-13(5)14(12-16)3-6(11)15/h5H,1-4H2,(H2,11,15). The van der Waals surface area contributed by atoms with Gasteiger partial charge in [0, 0.05) is 6.54 Å². The molecule has 1 aliphatic heterocycles. The first-order valence-electron chi connectivity index (χ1n) is 4.66. The molecule has 10 heteroatoms. The van der Waals surface area contributed by atoms with Crippen LogP contribution in [0.2, 0.25) is 0 Å². The first-order valence-corrected chi connectivity index (χ1v) is 4.66. The topological polar surface area (TPSA) is 88.2 Å². The number of hydrogen-bond donors (Lipinski definition) is 1. The second-order valence-corrected chi connectivity index (χ2v) is 3.37. The van der Waals surface area contributed by atoms with Crippen LogP contribution in [-0.2, 0) is 9.53 Å². The number of carbonyl (C=O) groups excluding carboxylic acids is 1. The van der Waals surface area contributed by atoms with Crippen molar-refractivity contribution >= 4 is 5.91 Å². The van der Waals surface area contributed by atoms with E-state index in [0.29, 0.717) is 10.1 Å². The SMILES string of the molecule is NC(=O)CN(N=O)N1CCOCC1C(F)(F)F. The number of primary amides is 1. The van der Waals surface area contributed by atoms with E-state index in [1.165, 1.54) is 0 Å². The molecule has 1 rings (SSSR count). The smallest absolute Gasteiger partial charge is 0.378 e. The molecule has 7 nitrogen and oxygen atoms in total. The number of amides is 1. The number of hydrogen-bond acceptors (Lipinski definition) is 5. The fourth-order valence-electron chi connectivity index (χ4n) is 1.44. The minimum atomic E-state index is -4.58. The summed E-state index contributed by atoms with van der Waals surface area (Å²) in [5.41, 5.74) is 4.81. The summed E-state index contributed by atoms with van der Waals surface area (Å²) in [6.07, 6.45) is -4.58. The van der Waals surface area contributed by atoms with E-state index in [0.717, 1.165) is 0 Å². The lowest BCUT2D eigenvalue weighted by molar-refractivity contribution is -0.253. The Morgan fingerprint density at radius 3 is 2.71 bits per heavy atom. The molecule has 2 N–H and O–H groups in total. The summed E-state index contributed by atoms with van der Waals surface area (Å²) < 4.78 is 42.5. The summed E-state index contributed by atoms with van der Waals surface area (Å²) in [6, 6.07) is -2.01. The molecule has 17 heavy (non-hydrogen) atoms. The van der Waals surface area contributed by atoms with E-state index in [1.807, 2.05) is 0 Å². The molecule has 1 fully saturated rings. The Morgan fingerprint density at radius 2 is 2.24 bits per heavy atom. The van der Waals surface area contributed by atoms with Crippen molar-refractivity contribution in [3.8, 4) is 0 Å². The molecule has 0 aliphatic carbocycles. The first kappa shape index (κ1) is 13.6. The summed E-state index contributed by atoms with van der Waals surface area (Å²) >= 11 is 0. The molecule has 0 aromatic rings. The Balaban J connectivity index is 2.82. The van der Waals surface area contributed by atoms with Crippen molar-refractivity contribution in [2.45, 2.75) is 12.2 Å². The molecular weight excluding hydrogens is 245 g/mol. The lowest BCUT2D eigenvalue weighted by Gasteiger charge is -2.39. The monoisotopic (exact) mass is 256 g/mol. The van der Waals surface area contributed by atoms with E-state index < -0.39 is 31.3 Å². The molecule has 1 saturated heterocycles. The molecule has 1 amide bonds. The zero-order valence-corrected chi connectivity index (χ0v) is 8.68. The number of carbonyl (C=O) groups is 1. The second kappa shape index (κ2) is 5.27. The molecular formula is C7H11F3N4O3. The molecule has 0 spiro atoms. The fourth-order valence-corrected chi connectivity index (χ4v) is 1.44. The van der Waals surface area contributed by atoms with Gasteiger partial charge in [-0.1, -0.05) is 0 Å². The quantitative estimate of drug-likeness (QED) is 0.547. The van der Waals surface area contributed by atoms with Crippen molar-refractivity contribution < 1.29 is 22.7 Å². The Labute approximate surface area is 94.2 Å². The average molecular weight is 256 g/mol. The van der Waals surface area contributed by atoms with Gasteiger partial charge in [-0.2, -0.15) is 23.3 Å². The van der Waals surface area contributed by atoms with Crippen LogP contribution in [0.25, 0.3) is 0 Å². The number of nitroso groups, excluding NO2 is 1. The van der Waals surface area contributed by atoms with Gasteiger partial charge in [0.1, 0.15) is 12.6 Å². The number of morpholine rings is 1. The average Bonchev–Trinajstić information content (AvgIpc) is 2.24. The van der Waals surface area contributed by atoms with Crippen LogP contribution in [-0.4, -0.2) is 54.6 Å².